The van der Waals surface area contributed by atoms with E-state index in [4.69, 9.17) is 0 Å². The zero-order valence-electron chi connectivity index (χ0n) is 11.2. The van der Waals surface area contributed by atoms with E-state index in [1.807, 2.05) is 6.92 Å². The molecule has 0 radical (unpaired) electrons. The minimum atomic E-state index is 0.0110. The lowest BCUT2D eigenvalue weighted by molar-refractivity contribution is 0.369. The molecular weight excluding hydrogens is 196 g/mol. The highest BCUT2D eigenvalue weighted by molar-refractivity contribution is 5.45. The van der Waals surface area contributed by atoms with E-state index in [-0.39, 0.29) is 5.41 Å². The van der Waals surface area contributed by atoms with Gasteiger partial charge in [-0.3, -0.25) is 0 Å². The molecule has 0 bridgehead atoms. The van der Waals surface area contributed by atoms with Crippen molar-refractivity contribution in [3.8, 4) is 0 Å². The fraction of sp³-hybridized carbons (Fsp3) is 0.600. The minimum Gasteiger partial charge on any atom is -0.508 e. The second kappa shape index (κ2) is 4.90. The van der Waals surface area contributed by atoms with Crippen LogP contribution in [0.3, 0.4) is 0 Å². The molecule has 0 heterocycles. The van der Waals surface area contributed by atoms with Gasteiger partial charge in [-0.15, -0.1) is 0 Å². The van der Waals surface area contributed by atoms with Gasteiger partial charge in [-0.25, -0.2) is 0 Å². The van der Waals surface area contributed by atoms with Gasteiger partial charge in [-0.2, -0.15) is 0 Å². The first-order valence-electron chi connectivity index (χ1n) is 6.16. The summed E-state index contributed by atoms with van der Waals surface area (Å²) in [4.78, 5) is 0. The third-order valence-corrected chi connectivity index (χ3v) is 2.96. The maximum atomic E-state index is 10.1. The predicted molar refractivity (Wildman–Crippen MR) is 70.5 cm³/mol. The molecule has 1 N–H and O–H groups in total. The Balaban J connectivity index is 3.06. The van der Waals surface area contributed by atoms with Gasteiger partial charge in [0.2, 0.25) is 0 Å². The van der Waals surface area contributed by atoms with Gasteiger partial charge in [0, 0.05) is 0 Å². The van der Waals surface area contributed by atoms with Gasteiger partial charge in [0.25, 0.3) is 0 Å². The Morgan fingerprint density at radius 1 is 1.38 bits per heavy atom. The van der Waals surface area contributed by atoms with Crippen molar-refractivity contribution >= 4 is 0 Å². The molecule has 1 nitrogen and oxygen atoms in total. The number of allylic oxidation sites excluding steroid dienone is 5. The molecule has 0 fully saturated rings. The Kier molecular flexibility index (Phi) is 4.01. The summed E-state index contributed by atoms with van der Waals surface area (Å²) in [5, 5.41) is 10.1. The SMILES string of the molecule is CCCC=C1C=C(C(C)(C)C)C(O)=C(C)C1. The number of hydrogen-bond acceptors (Lipinski definition) is 1. The third-order valence-electron chi connectivity index (χ3n) is 2.96. The van der Waals surface area contributed by atoms with Crippen molar-refractivity contribution in [1.29, 1.82) is 0 Å². The van der Waals surface area contributed by atoms with Crippen molar-refractivity contribution in [3.05, 3.63) is 34.6 Å². The normalized spacial score (nSPS) is 20.3. The van der Waals surface area contributed by atoms with Crippen LogP contribution in [0.4, 0.5) is 0 Å². The number of aliphatic hydroxyl groups is 1. The smallest absolute Gasteiger partial charge is 0.118 e. The van der Waals surface area contributed by atoms with Crippen LogP contribution in [0.15, 0.2) is 34.6 Å². The predicted octanol–water partition coefficient (Wildman–Crippen LogP) is 4.92. The number of aliphatic hydroxyl groups excluding tert-OH is 1. The molecule has 0 aromatic rings. The quantitative estimate of drug-likeness (QED) is 0.700. The summed E-state index contributed by atoms with van der Waals surface area (Å²) in [7, 11) is 0. The Hall–Kier alpha value is -0.980. The van der Waals surface area contributed by atoms with Gasteiger partial charge in [-0.05, 0) is 41.9 Å². The fourth-order valence-electron chi connectivity index (χ4n) is 1.96. The molecule has 1 aliphatic rings. The maximum absolute atomic E-state index is 10.1. The molecule has 0 saturated heterocycles. The molecule has 0 saturated carbocycles. The number of hydrogen-bond donors (Lipinski definition) is 1. The Morgan fingerprint density at radius 3 is 2.50 bits per heavy atom. The van der Waals surface area contributed by atoms with Gasteiger partial charge in [-0.1, -0.05) is 46.3 Å². The lowest BCUT2D eigenvalue weighted by atomic mass is 9.79. The van der Waals surface area contributed by atoms with Crippen molar-refractivity contribution in [2.24, 2.45) is 5.41 Å². The van der Waals surface area contributed by atoms with Crippen LogP contribution in [-0.4, -0.2) is 5.11 Å². The summed E-state index contributed by atoms with van der Waals surface area (Å²) in [6.07, 6.45) is 7.65. The standard InChI is InChI=1S/C15H24O/c1-6-7-8-12-9-11(2)14(16)13(10-12)15(3,4)5/h8,10,16H,6-7,9H2,1-5H3. The summed E-state index contributed by atoms with van der Waals surface area (Å²) in [6, 6.07) is 0. The monoisotopic (exact) mass is 220 g/mol. The van der Waals surface area contributed by atoms with Crippen molar-refractivity contribution in [1.82, 2.24) is 0 Å². The second-order valence-electron chi connectivity index (χ2n) is 5.68. The first kappa shape index (κ1) is 13.1. The van der Waals surface area contributed by atoms with Crippen molar-refractivity contribution in [3.63, 3.8) is 0 Å². The Morgan fingerprint density at radius 2 is 2.00 bits per heavy atom. The van der Waals surface area contributed by atoms with Crippen LogP contribution in [0.5, 0.6) is 0 Å². The van der Waals surface area contributed by atoms with Crippen LogP contribution in [0, 0.1) is 5.41 Å². The molecule has 0 amide bonds. The third kappa shape index (κ3) is 3.01. The van der Waals surface area contributed by atoms with E-state index in [2.05, 4.69) is 39.8 Å². The van der Waals surface area contributed by atoms with Crippen LogP contribution in [0.2, 0.25) is 0 Å². The highest BCUT2D eigenvalue weighted by Crippen LogP contribution is 2.37. The highest BCUT2D eigenvalue weighted by atomic mass is 16.3. The maximum Gasteiger partial charge on any atom is 0.118 e. The molecule has 0 aromatic carbocycles. The van der Waals surface area contributed by atoms with Crippen molar-refractivity contribution in [2.75, 3.05) is 0 Å². The van der Waals surface area contributed by atoms with Crippen molar-refractivity contribution in [2.45, 2.75) is 53.9 Å². The van der Waals surface area contributed by atoms with Gasteiger partial charge >= 0.3 is 0 Å². The van der Waals surface area contributed by atoms with E-state index in [1.54, 1.807) is 0 Å². The fourth-order valence-corrected chi connectivity index (χ4v) is 1.96. The summed E-state index contributed by atoms with van der Waals surface area (Å²) in [5.41, 5.74) is 3.52. The molecular formula is C15H24O. The average molecular weight is 220 g/mol. The molecule has 0 spiro atoms. The van der Waals surface area contributed by atoms with E-state index in [0.717, 1.165) is 24.0 Å². The first-order valence-corrected chi connectivity index (χ1v) is 6.16. The molecule has 0 aromatic heterocycles. The zero-order valence-corrected chi connectivity index (χ0v) is 11.2. The number of rotatable bonds is 2. The largest absolute Gasteiger partial charge is 0.508 e. The molecule has 0 aliphatic heterocycles. The minimum absolute atomic E-state index is 0.0110. The summed E-state index contributed by atoms with van der Waals surface area (Å²) in [6.45, 7) is 10.6. The molecule has 1 heteroatoms. The number of unbranched alkanes of at least 4 members (excludes halogenated alkanes) is 1. The van der Waals surface area contributed by atoms with Crippen LogP contribution in [0.25, 0.3) is 0 Å². The summed E-state index contributed by atoms with van der Waals surface area (Å²) in [5.74, 6) is 0.501. The summed E-state index contributed by atoms with van der Waals surface area (Å²) < 4.78 is 0. The van der Waals surface area contributed by atoms with E-state index in [1.165, 1.54) is 12.0 Å². The van der Waals surface area contributed by atoms with Crippen molar-refractivity contribution < 1.29 is 5.11 Å². The van der Waals surface area contributed by atoms with E-state index in [0.29, 0.717) is 5.76 Å². The Bertz CT molecular complexity index is 348. The van der Waals surface area contributed by atoms with Crippen LogP contribution in [0.1, 0.15) is 53.9 Å². The average Bonchev–Trinajstić information content (AvgIpc) is 2.17. The molecule has 1 aliphatic carbocycles. The van der Waals surface area contributed by atoms with E-state index >= 15 is 0 Å². The van der Waals surface area contributed by atoms with Crippen LogP contribution >= 0.6 is 0 Å². The van der Waals surface area contributed by atoms with Crippen LogP contribution in [-0.2, 0) is 0 Å². The summed E-state index contributed by atoms with van der Waals surface area (Å²) >= 11 is 0. The van der Waals surface area contributed by atoms with E-state index in [9.17, 15) is 5.11 Å². The zero-order chi connectivity index (χ0) is 12.3. The first-order chi connectivity index (χ1) is 7.36. The molecule has 16 heavy (non-hydrogen) atoms. The molecule has 1 rings (SSSR count). The lowest BCUT2D eigenvalue weighted by Crippen LogP contribution is -2.15. The Labute approximate surface area is 99.6 Å². The topological polar surface area (TPSA) is 20.2 Å². The highest BCUT2D eigenvalue weighted by Gasteiger charge is 2.25. The van der Waals surface area contributed by atoms with Gasteiger partial charge in [0.05, 0.1) is 0 Å². The van der Waals surface area contributed by atoms with Gasteiger partial charge in [0.15, 0.2) is 0 Å². The second-order valence-corrected chi connectivity index (χ2v) is 5.68. The molecule has 90 valence electrons. The lowest BCUT2D eigenvalue weighted by Gasteiger charge is -2.27. The van der Waals surface area contributed by atoms with E-state index < -0.39 is 0 Å². The van der Waals surface area contributed by atoms with Gasteiger partial charge in [0.1, 0.15) is 5.76 Å². The van der Waals surface area contributed by atoms with Crippen LogP contribution < -0.4 is 0 Å². The molecule has 0 atom stereocenters. The molecule has 0 unspecified atom stereocenters. The van der Waals surface area contributed by atoms with Gasteiger partial charge < -0.3 is 5.11 Å².